The van der Waals surface area contributed by atoms with E-state index in [0.717, 1.165) is 49.4 Å². The smallest absolute Gasteiger partial charge is 0.154 e. The van der Waals surface area contributed by atoms with Crippen LogP contribution in [-0.2, 0) is 13.0 Å². The highest BCUT2D eigenvalue weighted by molar-refractivity contribution is 5.17. The number of halogens is 1. The Morgan fingerprint density at radius 1 is 1.35 bits per heavy atom. The van der Waals surface area contributed by atoms with Gasteiger partial charge in [0.1, 0.15) is 5.82 Å². The van der Waals surface area contributed by atoms with Gasteiger partial charge in [-0.1, -0.05) is 24.2 Å². The summed E-state index contributed by atoms with van der Waals surface area (Å²) in [5, 5.41) is 4.08. The fourth-order valence-corrected chi connectivity index (χ4v) is 2.81. The van der Waals surface area contributed by atoms with Crippen LogP contribution in [0.15, 0.2) is 34.9 Å². The molecule has 0 spiro atoms. The van der Waals surface area contributed by atoms with Gasteiger partial charge in [-0.25, -0.2) is 4.39 Å². The second-order valence-electron chi connectivity index (χ2n) is 5.33. The van der Waals surface area contributed by atoms with Crippen LogP contribution in [0.1, 0.15) is 42.8 Å². The fourth-order valence-electron chi connectivity index (χ4n) is 2.81. The van der Waals surface area contributed by atoms with Crippen molar-refractivity contribution in [2.24, 2.45) is 0 Å². The number of likely N-dealkylation sites (tertiary alicyclic amines) is 1. The standard InChI is InChI=1S/C16H19FN2O/c1-2-14-10-16(20-18-14)15-4-3-9-19(15)11-12-5-7-13(17)8-6-12/h5-8,10,15H,2-4,9,11H2,1H3. The van der Waals surface area contributed by atoms with Gasteiger partial charge in [-0.2, -0.15) is 0 Å². The van der Waals surface area contributed by atoms with E-state index in [2.05, 4.69) is 23.0 Å². The van der Waals surface area contributed by atoms with Crippen molar-refractivity contribution in [1.82, 2.24) is 10.1 Å². The van der Waals surface area contributed by atoms with E-state index in [1.54, 1.807) is 0 Å². The molecule has 1 aliphatic heterocycles. The van der Waals surface area contributed by atoms with E-state index in [0.29, 0.717) is 6.04 Å². The van der Waals surface area contributed by atoms with Crippen LogP contribution in [0.4, 0.5) is 4.39 Å². The first-order chi connectivity index (χ1) is 9.76. The SMILES string of the molecule is CCc1cc(C2CCCN2Cc2ccc(F)cc2)on1. The summed E-state index contributed by atoms with van der Waals surface area (Å²) >= 11 is 0. The lowest BCUT2D eigenvalue weighted by Gasteiger charge is -2.22. The number of aryl methyl sites for hydroxylation is 1. The van der Waals surface area contributed by atoms with Gasteiger partial charge in [0.25, 0.3) is 0 Å². The molecule has 0 saturated carbocycles. The Labute approximate surface area is 118 Å². The lowest BCUT2D eigenvalue weighted by Crippen LogP contribution is -2.22. The molecule has 3 rings (SSSR count). The van der Waals surface area contributed by atoms with Gasteiger partial charge in [-0.05, 0) is 43.5 Å². The third-order valence-corrected chi connectivity index (χ3v) is 3.93. The van der Waals surface area contributed by atoms with E-state index in [1.807, 2.05) is 12.1 Å². The fraction of sp³-hybridized carbons (Fsp3) is 0.438. The van der Waals surface area contributed by atoms with Crippen molar-refractivity contribution in [3.05, 3.63) is 53.2 Å². The first-order valence-electron chi connectivity index (χ1n) is 7.20. The molecule has 1 atom stereocenters. The van der Waals surface area contributed by atoms with Gasteiger partial charge in [0.15, 0.2) is 5.76 Å². The quantitative estimate of drug-likeness (QED) is 0.851. The predicted molar refractivity (Wildman–Crippen MR) is 74.7 cm³/mol. The van der Waals surface area contributed by atoms with Crippen LogP contribution in [-0.4, -0.2) is 16.6 Å². The summed E-state index contributed by atoms with van der Waals surface area (Å²) in [5.74, 6) is 0.774. The molecule has 1 aromatic carbocycles. The minimum Gasteiger partial charge on any atom is -0.359 e. The molecule has 2 heterocycles. The minimum absolute atomic E-state index is 0.186. The molecule has 2 aromatic rings. The topological polar surface area (TPSA) is 29.3 Å². The van der Waals surface area contributed by atoms with Crippen molar-refractivity contribution in [1.29, 1.82) is 0 Å². The molecular weight excluding hydrogens is 255 g/mol. The van der Waals surface area contributed by atoms with Crippen molar-refractivity contribution in [3.8, 4) is 0 Å². The zero-order chi connectivity index (χ0) is 13.9. The highest BCUT2D eigenvalue weighted by atomic mass is 19.1. The van der Waals surface area contributed by atoms with Gasteiger partial charge in [0, 0.05) is 12.6 Å². The van der Waals surface area contributed by atoms with Gasteiger partial charge in [0.2, 0.25) is 0 Å². The van der Waals surface area contributed by atoms with Crippen LogP contribution in [0.2, 0.25) is 0 Å². The van der Waals surface area contributed by atoms with E-state index >= 15 is 0 Å². The molecule has 1 fully saturated rings. The van der Waals surface area contributed by atoms with Crippen LogP contribution in [0, 0.1) is 5.82 Å². The van der Waals surface area contributed by atoms with Crippen LogP contribution in [0.5, 0.6) is 0 Å². The molecule has 20 heavy (non-hydrogen) atoms. The van der Waals surface area contributed by atoms with E-state index in [4.69, 9.17) is 4.52 Å². The third kappa shape index (κ3) is 2.75. The van der Waals surface area contributed by atoms with E-state index in [-0.39, 0.29) is 5.82 Å². The molecule has 3 nitrogen and oxygen atoms in total. The lowest BCUT2D eigenvalue weighted by molar-refractivity contribution is 0.206. The van der Waals surface area contributed by atoms with Crippen LogP contribution in [0.25, 0.3) is 0 Å². The summed E-state index contributed by atoms with van der Waals surface area (Å²) in [6.07, 6.45) is 3.15. The maximum atomic E-state index is 12.9. The van der Waals surface area contributed by atoms with E-state index in [1.165, 1.54) is 12.1 Å². The normalized spacial score (nSPS) is 19.6. The van der Waals surface area contributed by atoms with Crippen molar-refractivity contribution >= 4 is 0 Å². The van der Waals surface area contributed by atoms with Crippen LogP contribution in [0.3, 0.4) is 0 Å². The van der Waals surface area contributed by atoms with Gasteiger partial charge in [-0.15, -0.1) is 0 Å². The maximum Gasteiger partial charge on any atom is 0.154 e. The first kappa shape index (κ1) is 13.3. The second-order valence-corrected chi connectivity index (χ2v) is 5.33. The second kappa shape index (κ2) is 5.75. The first-order valence-corrected chi connectivity index (χ1v) is 7.20. The Morgan fingerprint density at radius 3 is 2.85 bits per heavy atom. The highest BCUT2D eigenvalue weighted by Crippen LogP contribution is 2.33. The molecule has 0 bridgehead atoms. The number of rotatable bonds is 4. The number of hydrogen-bond donors (Lipinski definition) is 0. The molecule has 0 N–H and O–H groups in total. The van der Waals surface area contributed by atoms with Crippen LogP contribution < -0.4 is 0 Å². The zero-order valence-corrected chi connectivity index (χ0v) is 11.7. The van der Waals surface area contributed by atoms with E-state index < -0.39 is 0 Å². The Hall–Kier alpha value is -1.68. The summed E-state index contributed by atoms with van der Waals surface area (Å²) in [4.78, 5) is 2.38. The molecule has 4 heteroatoms. The van der Waals surface area contributed by atoms with Crippen LogP contribution >= 0.6 is 0 Å². The summed E-state index contributed by atoms with van der Waals surface area (Å²) in [5.41, 5.74) is 2.14. The van der Waals surface area contributed by atoms with E-state index in [9.17, 15) is 4.39 Å². The predicted octanol–water partition coefficient (Wildman–Crippen LogP) is 3.71. The van der Waals surface area contributed by atoms with Crippen molar-refractivity contribution in [2.75, 3.05) is 6.54 Å². The zero-order valence-electron chi connectivity index (χ0n) is 11.7. The molecule has 1 saturated heterocycles. The summed E-state index contributed by atoms with van der Waals surface area (Å²) < 4.78 is 18.4. The highest BCUT2D eigenvalue weighted by Gasteiger charge is 2.29. The van der Waals surface area contributed by atoms with Gasteiger partial charge in [0.05, 0.1) is 11.7 Å². The largest absolute Gasteiger partial charge is 0.359 e. The molecule has 0 radical (unpaired) electrons. The van der Waals surface area contributed by atoms with Gasteiger partial charge in [-0.3, -0.25) is 4.90 Å². The number of hydrogen-bond acceptors (Lipinski definition) is 3. The Balaban J connectivity index is 1.73. The summed E-state index contributed by atoms with van der Waals surface area (Å²) in [6.45, 7) is 3.95. The number of nitrogens with zero attached hydrogens (tertiary/aromatic N) is 2. The minimum atomic E-state index is -0.186. The Morgan fingerprint density at radius 2 is 2.15 bits per heavy atom. The number of benzene rings is 1. The average Bonchev–Trinajstić information content (AvgIpc) is 3.09. The molecule has 106 valence electrons. The Bertz CT molecular complexity index is 564. The molecule has 0 amide bonds. The third-order valence-electron chi connectivity index (χ3n) is 3.93. The molecule has 1 aliphatic rings. The van der Waals surface area contributed by atoms with Gasteiger partial charge < -0.3 is 4.52 Å². The molecule has 1 unspecified atom stereocenters. The van der Waals surface area contributed by atoms with Crippen molar-refractivity contribution in [2.45, 2.75) is 38.8 Å². The van der Waals surface area contributed by atoms with Gasteiger partial charge >= 0.3 is 0 Å². The average molecular weight is 274 g/mol. The molecule has 0 aliphatic carbocycles. The Kier molecular flexibility index (Phi) is 3.83. The summed E-state index contributed by atoms with van der Waals surface area (Å²) in [7, 11) is 0. The maximum absolute atomic E-state index is 12.9. The number of aromatic nitrogens is 1. The molecular formula is C16H19FN2O. The summed E-state index contributed by atoms with van der Waals surface area (Å²) in [6, 6.07) is 9.10. The lowest BCUT2D eigenvalue weighted by atomic mass is 10.1. The van der Waals surface area contributed by atoms with Crippen molar-refractivity contribution < 1.29 is 8.91 Å². The monoisotopic (exact) mass is 274 g/mol. The van der Waals surface area contributed by atoms with Crippen molar-refractivity contribution in [3.63, 3.8) is 0 Å². The molecule has 1 aromatic heterocycles.